The molecule has 2 aromatic rings. The van der Waals surface area contributed by atoms with Crippen molar-refractivity contribution in [2.24, 2.45) is 23.7 Å². The fraction of sp³-hybridized carbons (Fsp3) is 0.464. The Morgan fingerprint density at radius 3 is 2.26 bits per heavy atom. The lowest BCUT2D eigenvalue weighted by atomic mass is 9.98. The Morgan fingerprint density at radius 2 is 1.66 bits per heavy atom. The van der Waals surface area contributed by atoms with Crippen LogP contribution in [-0.2, 0) is 14.3 Å². The number of nitrogens with zero attached hydrogens (tertiary/aromatic N) is 1. The molecule has 1 aliphatic heterocycles. The van der Waals surface area contributed by atoms with Gasteiger partial charge in [0.1, 0.15) is 12.6 Å². The molecule has 2 aromatic carbocycles. The Labute approximate surface area is 205 Å². The second kappa shape index (κ2) is 9.36. The standard InChI is InChI=1S/C28H32N2O5/c1-16(2)13-24(26(31)30-12-11-21-22(14-30)25(21)27(32)33)29-28(34)35-15-23-19-9-5-3-7-17(19)18-8-4-6-10-20(18)23/h3-10,16,21-25H,11-15H2,1-2H3,(H,29,34)(H,32,33)/t21-,22+,24?,25?/m0/s1. The average Bonchev–Trinajstić information content (AvgIpc) is 3.49. The van der Waals surface area contributed by atoms with Crippen molar-refractivity contribution in [1.82, 2.24) is 10.2 Å². The number of amides is 2. The highest BCUT2D eigenvalue weighted by atomic mass is 16.5. The van der Waals surface area contributed by atoms with Gasteiger partial charge in [-0.3, -0.25) is 9.59 Å². The van der Waals surface area contributed by atoms with E-state index in [2.05, 4.69) is 29.6 Å². The van der Waals surface area contributed by atoms with E-state index in [9.17, 15) is 19.5 Å². The van der Waals surface area contributed by atoms with Crippen LogP contribution in [0.5, 0.6) is 0 Å². The normalized spacial score (nSPS) is 23.2. The number of rotatable bonds is 7. The summed E-state index contributed by atoms with van der Waals surface area (Å²) in [6.45, 7) is 5.18. The van der Waals surface area contributed by atoms with E-state index in [4.69, 9.17) is 4.74 Å². The molecule has 2 N–H and O–H groups in total. The van der Waals surface area contributed by atoms with E-state index in [1.807, 2.05) is 38.1 Å². The zero-order valence-corrected chi connectivity index (χ0v) is 20.1. The summed E-state index contributed by atoms with van der Waals surface area (Å²) in [6, 6.07) is 15.6. The number of hydrogen-bond donors (Lipinski definition) is 2. The number of benzene rings is 2. The highest BCUT2D eigenvalue weighted by Crippen LogP contribution is 2.51. The second-order valence-corrected chi connectivity index (χ2v) is 10.4. The summed E-state index contributed by atoms with van der Waals surface area (Å²) >= 11 is 0. The first-order valence-electron chi connectivity index (χ1n) is 12.5. The van der Waals surface area contributed by atoms with Gasteiger partial charge in [-0.1, -0.05) is 62.4 Å². The number of aliphatic carboxylic acids is 1. The number of carbonyl (C=O) groups excluding carboxylic acids is 2. The monoisotopic (exact) mass is 476 g/mol. The Morgan fingerprint density at radius 1 is 1.03 bits per heavy atom. The van der Waals surface area contributed by atoms with Gasteiger partial charge in [-0.2, -0.15) is 0 Å². The summed E-state index contributed by atoms with van der Waals surface area (Å²) in [5.41, 5.74) is 4.59. The number of piperidine rings is 1. The second-order valence-electron chi connectivity index (χ2n) is 10.4. The van der Waals surface area contributed by atoms with E-state index in [1.54, 1.807) is 4.90 Å². The Kier molecular flexibility index (Phi) is 6.26. The van der Waals surface area contributed by atoms with Crippen molar-refractivity contribution in [2.75, 3.05) is 19.7 Å². The molecule has 0 bridgehead atoms. The summed E-state index contributed by atoms with van der Waals surface area (Å²) in [4.78, 5) is 39.3. The minimum Gasteiger partial charge on any atom is -0.481 e. The largest absolute Gasteiger partial charge is 0.481 e. The van der Waals surface area contributed by atoms with E-state index in [0.29, 0.717) is 25.9 Å². The molecular weight excluding hydrogens is 444 g/mol. The maximum atomic E-state index is 13.3. The summed E-state index contributed by atoms with van der Waals surface area (Å²) in [6.07, 6.45) is 0.596. The Balaban J connectivity index is 1.23. The molecule has 7 nitrogen and oxygen atoms in total. The van der Waals surface area contributed by atoms with Crippen molar-refractivity contribution in [2.45, 2.75) is 38.6 Å². The number of hydrogen-bond acceptors (Lipinski definition) is 4. The topological polar surface area (TPSA) is 95.9 Å². The highest BCUT2D eigenvalue weighted by molar-refractivity contribution is 5.86. The van der Waals surface area contributed by atoms with Gasteiger partial charge in [0.2, 0.25) is 5.91 Å². The van der Waals surface area contributed by atoms with Crippen LogP contribution in [0.4, 0.5) is 4.79 Å². The molecule has 184 valence electrons. The van der Waals surface area contributed by atoms with E-state index in [0.717, 1.165) is 22.3 Å². The van der Waals surface area contributed by atoms with Gasteiger partial charge < -0.3 is 20.1 Å². The van der Waals surface area contributed by atoms with Crippen LogP contribution in [0, 0.1) is 23.7 Å². The molecule has 2 amide bonds. The molecule has 5 rings (SSSR count). The Hall–Kier alpha value is -3.35. The van der Waals surface area contributed by atoms with E-state index < -0.39 is 18.1 Å². The first kappa shape index (κ1) is 23.4. The summed E-state index contributed by atoms with van der Waals surface area (Å²) in [5.74, 6) is -0.912. The van der Waals surface area contributed by atoms with Crippen molar-refractivity contribution in [3.05, 3.63) is 59.7 Å². The van der Waals surface area contributed by atoms with Crippen LogP contribution in [0.1, 0.15) is 43.7 Å². The molecule has 0 radical (unpaired) electrons. The molecule has 4 atom stereocenters. The first-order chi connectivity index (χ1) is 16.8. The minimum absolute atomic E-state index is 0.0272. The van der Waals surface area contributed by atoms with Crippen LogP contribution in [-0.4, -0.2) is 53.7 Å². The number of carboxylic acid groups (broad SMARTS) is 1. The molecule has 7 heteroatoms. The van der Waals surface area contributed by atoms with Crippen LogP contribution in [0.25, 0.3) is 11.1 Å². The van der Waals surface area contributed by atoms with Crippen molar-refractivity contribution < 1.29 is 24.2 Å². The molecule has 0 aromatic heterocycles. The molecule has 3 aliphatic rings. The minimum atomic E-state index is -0.773. The number of carboxylic acids is 1. The smallest absolute Gasteiger partial charge is 0.407 e. The van der Waals surface area contributed by atoms with Gasteiger partial charge in [-0.25, -0.2) is 4.79 Å². The van der Waals surface area contributed by atoms with E-state index in [-0.39, 0.29) is 42.1 Å². The maximum Gasteiger partial charge on any atom is 0.407 e. The maximum absolute atomic E-state index is 13.3. The van der Waals surface area contributed by atoms with Gasteiger partial charge in [-0.05, 0) is 52.8 Å². The lowest BCUT2D eigenvalue weighted by molar-refractivity contribution is -0.139. The molecule has 0 spiro atoms. The van der Waals surface area contributed by atoms with Gasteiger partial charge in [0.15, 0.2) is 0 Å². The number of nitrogens with one attached hydrogen (secondary N) is 1. The van der Waals surface area contributed by atoms with Crippen LogP contribution in [0.3, 0.4) is 0 Å². The average molecular weight is 477 g/mol. The van der Waals surface area contributed by atoms with Crippen LogP contribution >= 0.6 is 0 Å². The van der Waals surface area contributed by atoms with Crippen molar-refractivity contribution in [1.29, 1.82) is 0 Å². The van der Waals surface area contributed by atoms with E-state index >= 15 is 0 Å². The number of fused-ring (bicyclic) bond motifs is 4. The third kappa shape index (κ3) is 4.51. The van der Waals surface area contributed by atoms with Crippen LogP contribution in [0.2, 0.25) is 0 Å². The number of carbonyl (C=O) groups is 3. The van der Waals surface area contributed by atoms with E-state index in [1.165, 1.54) is 0 Å². The summed E-state index contributed by atoms with van der Waals surface area (Å²) < 4.78 is 5.67. The predicted molar refractivity (Wildman–Crippen MR) is 131 cm³/mol. The van der Waals surface area contributed by atoms with Gasteiger partial charge in [0.05, 0.1) is 5.92 Å². The third-order valence-corrected chi connectivity index (χ3v) is 7.73. The number of ether oxygens (including phenoxy) is 1. The van der Waals surface area contributed by atoms with Gasteiger partial charge in [0.25, 0.3) is 0 Å². The summed E-state index contributed by atoms with van der Waals surface area (Å²) in [7, 11) is 0. The Bertz CT molecular complexity index is 1100. The molecular formula is C28H32N2O5. The number of alkyl carbamates (subject to hydrolysis) is 1. The predicted octanol–water partition coefficient (Wildman–Crippen LogP) is 4.12. The quantitative estimate of drug-likeness (QED) is 0.627. The molecule has 1 saturated heterocycles. The fourth-order valence-electron chi connectivity index (χ4n) is 6.00. The van der Waals surface area contributed by atoms with Crippen LogP contribution < -0.4 is 5.32 Å². The molecule has 2 fully saturated rings. The number of likely N-dealkylation sites (tertiary alicyclic amines) is 1. The van der Waals surface area contributed by atoms with Crippen LogP contribution in [0.15, 0.2) is 48.5 Å². The molecule has 1 saturated carbocycles. The van der Waals surface area contributed by atoms with Gasteiger partial charge in [0, 0.05) is 19.0 Å². The van der Waals surface area contributed by atoms with Crippen molar-refractivity contribution in [3.63, 3.8) is 0 Å². The van der Waals surface area contributed by atoms with Crippen molar-refractivity contribution >= 4 is 18.0 Å². The third-order valence-electron chi connectivity index (χ3n) is 7.73. The molecule has 35 heavy (non-hydrogen) atoms. The molecule has 2 aliphatic carbocycles. The van der Waals surface area contributed by atoms with Gasteiger partial charge >= 0.3 is 12.1 Å². The zero-order valence-electron chi connectivity index (χ0n) is 20.1. The van der Waals surface area contributed by atoms with Gasteiger partial charge in [-0.15, -0.1) is 0 Å². The lowest BCUT2D eigenvalue weighted by Gasteiger charge is -2.31. The summed E-state index contributed by atoms with van der Waals surface area (Å²) in [5, 5.41) is 12.2. The molecule has 1 heterocycles. The fourth-order valence-corrected chi connectivity index (χ4v) is 6.00. The SMILES string of the molecule is CC(C)CC(NC(=O)OCC1c2ccccc2-c2ccccc21)C(=O)N1CC[C@@H]2C(C(=O)O)[C@@H]2C1. The first-order valence-corrected chi connectivity index (χ1v) is 12.5. The zero-order chi connectivity index (χ0) is 24.7. The highest BCUT2D eigenvalue weighted by Gasteiger charge is 2.57. The molecule has 2 unspecified atom stereocenters. The van der Waals surface area contributed by atoms with Crippen molar-refractivity contribution in [3.8, 4) is 11.1 Å². The lowest BCUT2D eigenvalue weighted by Crippen LogP contribution is -2.51.